The molecule has 6 heteroatoms. The Labute approximate surface area is 380 Å². The molecular formula is C55H106O6. The maximum absolute atomic E-state index is 12.8. The number of carbonyl (C=O) groups is 3. The van der Waals surface area contributed by atoms with Crippen LogP contribution in [0.4, 0.5) is 0 Å². The fourth-order valence-electron chi connectivity index (χ4n) is 8.23. The van der Waals surface area contributed by atoms with Crippen LogP contribution in [0.25, 0.3) is 0 Å². The zero-order valence-corrected chi connectivity index (χ0v) is 42.0. The van der Waals surface area contributed by atoms with Crippen LogP contribution < -0.4 is 0 Å². The second-order valence-corrected chi connectivity index (χ2v) is 19.8. The van der Waals surface area contributed by atoms with Gasteiger partial charge in [-0.15, -0.1) is 0 Å². The summed E-state index contributed by atoms with van der Waals surface area (Å²) < 4.78 is 16.8. The number of esters is 3. The molecule has 61 heavy (non-hydrogen) atoms. The quantitative estimate of drug-likeness (QED) is 0.0344. The van der Waals surface area contributed by atoms with Gasteiger partial charge in [-0.2, -0.15) is 0 Å². The first-order valence-electron chi connectivity index (χ1n) is 27.2. The summed E-state index contributed by atoms with van der Waals surface area (Å²) >= 11 is 0. The summed E-state index contributed by atoms with van der Waals surface area (Å²) in [6.07, 6.45) is 46.5. The summed E-state index contributed by atoms with van der Waals surface area (Å²) in [6.45, 7) is 13.8. The van der Waals surface area contributed by atoms with Crippen LogP contribution in [0, 0.1) is 17.8 Å². The third-order valence-corrected chi connectivity index (χ3v) is 13.1. The van der Waals surface area contributed by atoms with Crippen LogP contribution in [-0.2, 0) is 28.6 Å². The van der Waals surface area contributed by atoms with E-state index in [0.717, 1.165) is 75.5 Å². The predicted molar refractivity (Wildman–Crippen MR) is 261 cm³/mol. The van der Waals surface area contributed by atoms with E-state index >= 15 is 0 Å². The Morgan fingerprint density at radius 2 is 0.574 bits per heavy atom. The number of carbonyl (C=O) groups excluding carboxylic acids is 3. The van der Waals surface area contributed by atoms with Crippen molar-refractivity contribution < 1.29 is 28.6 Å². The summed E-state index contributed by atoms with van der Waals surface area (Å²) in [5.74, 6) is 1.71. The summed E-state index contributed by atoms with van der Waals surface area (Å²) in [6, 6.07) is 0. The summed E-state index contributed by atoms with van der Waals surface area (Å²) in [5, 5.41) is 0. The van der Waals surface area contributed by atoms with Crippen LogP contribution in [0.1, 0.15) is 298 Å². The van der Waals surface area contributed by atoms with Gasteiger partial charge < -0.3 is 14.2 Å². The van der Waals surface area contributed by atoms with Gasteiger partial charge in [0.15, 0.2) is 6.10 Å². The standard InChI is InChI=1S/C55H106O6/c1-7-50(5)42-36-30-24-18-13-11-9-10-12-14-19-26-32-38-44-53(56)59-47-52(48-60-54(57)45-39-33-27-22-21-25-31-37-43-51(6)8-2)61-55(58)46-40-34-28-20-16-15-17-23-29-35-41-49(3)4/h49-52H,7-48H2,1-6H3/t50?,51?,52-/m0/s1. The third-order valence-electron chi connectivity index (χ3n) is 13.1. The van der Waals surface area contributed by atoms with Crippen molar-refractivity contribution in [3.63, 3.8) is 0 Å². The Kier molecular flexibility index (Phi) is 45.2. The molecule has 0 bridgehead atoms. The Bertz CT molecular complexity index is 949. The van der Waals surface area contributed by atoms with Crippen molar-refractivity contribution >= 4 is 17.9 Å². The number of rotatable bonds is 48. The SMILES string of the molecule is CCC(C)CCCCCCCCCCCCCCCCC(=O)OC[C@@H](COC(=O)CCCCCCCCCCC(C)CC)OC(=O)CCCCCCCCCCCCC(C)C. The lowest BCUT2D eigenvalue weighted by Crippen LogP contribution is -2.30. The minimum atomic E-state index is -0.763. The van der Waals surface area contributed by atoms with Crippen molar-refractivity contribution in [1.82, 2.24) is 0 Å². The van der Waals surface area contributed by atoms with Gasteiger partial charge in [0.25, 0.3) is 0 Å². The van der Waals surface area contributed by atoms with Crippen molar-refractivity contribution in [1.29, 1.82) is 0 Å². The van der Waals surface area contributed by atoms with E-state index in [-0.39, 0.29) is 31.1 Å². The highest BCUT2D eigenvalue weighted by Crippen LogP contribution is 2.19. The Balaban J connectivity index is 4.29. The normalized spacial score (nSPS) is 13.0. The van der Waals surface area contributed by atoms with Crippen molar-refractivity contribution in [2.24, 2.45) is 17.8 Å². The molecule has 0 spiro atoms. The molecule has 3 atom stereocenters. The molecule has 0 N–H and O–H groups in total. The molecule has 0 aromatic rings. The largest absolute Gasteiger partial charge is 0.462 e. The van der Waals surface area contributed by atoms with Crippen LogP contribution in [-0.4, -0.2) is 37.2 Å². The fraction of sp³-hybridized carbons (Fsp3) is 0.945. The van der Waals surface area contributed by atoms with Gasteiger partial charge in [-0.3, -0.25) is 14.4 Å². The van der Waals surface area contributed by atoms with Crippen LogP contribution in [0.2, 0.25) is 0 Å². The summed E-state index contributed by atoms with van der Waals surface area (Å²) in [4.78, 5) is 38.0. The average molecular weight is 863 g/mol. The summed E-state index contributed by atoms with van der Waals surface area (Å²) in [5.41, 5.74) is 0. The van der Waals surface area contributed by atoms with E-state index < -0.39 is 6.10 Å². The van der Waals surface area contributed by atoms with E-state index in [1.807, 2.05) is 0 Å². The lowest BCUT2D eigenvalue weighted by molar-refractivity contribution is -0.167. The van der Waals surface area contributed by atoms with Crippen LogP contribution in [0.15, 0.2) is 0 Å². The van der Waals surface area contributed by atoms with E-state index in [0.29, 0.717) is 19.3 Å². The maximum Gasteiger partial charge on any atom is 0.306 e. The molecule has 0 radical (unpaired) electrons. The van der Waals surface area contributed by atoms with E-state index in [9.17, 15) is 14.4 Å². The molecule has 0 aliphatic rings. The highest BCUT2D eigenvalue weighted by molar-refractivity contribution is 5.71. The van der Waals surface area contributed by atoms with Crippen LogP contribution in [0.3, 0.4) is 0 Å². The van der Waals surface area contributed by atoms with Gasteiger partial charge in [-0.05, 0) is 37.0 Å². The maximum atomic E-state index is 12.8. The molecule has 2 unspecified atom stereocenters. The molecule has 0 saturated heterocycles. The van der Waals surface area contributed by atoms with Gasteiger partial charge in [0, 0.05) is 19.3 Å². The number of hydrogen-bond donors (Lipinski definition) is 0. The minimum Gasteiger partial charge on any atom is -0.462 e. The molecule has 0 aromatic carbocycles. The molecule has 0 aliphatic heterocycles. The zero-order valence-electron chi connectivity index (χ0n) is 42.0. The number of unbranched alkanes of at least 4 members (excludes halogenated alkanes) is 29. The number of ether oxygens (including phenoxy) is 3. The molecular weight excluding hydrogens is 757 g/mol. The van der Waals surface area contributed by atoms with Crippen molar-refractivity contribution in [2.45, 2.75) is 304 Å². The van der Waals surface area contributed by atoms with Gasteiger partial charge >= 0.3 is 17.9 Å². The molecule has 0 amide bonds. The predicted octanol–water partition coefficient (Wildman–Crippen LogP) is 17.6. The minimum absolute atomic E-state index is 0.0646. The van der Waals surface area contributed by atoms with Crippen LogP contribution >= 0.6 is 0 Å². The second kappa shape index (κ2) is 46.4. The van der Waals surface area contributed by atoms with Gasteiger partial charge in [0.2, 0.25) is 0 Å². The Hall–Kier alpha value is -1.59. The van der Waals surface area contributed by atoms with Crippen molar-refractivity contribution in [3.05, 3.63) is 0 Å². The van der Waals surface area contributed by atoms with Crippen molar-refractivity contribution in [3.8, 4) is 0 Å². The van der Waals surface area contributed by atoms with Gasteiger partial charge in [0.05, 0.1) is 0 Å². The van der Waals surface area contributed by atoms with E-state index in [1.54, 1.807) is 0 Å². The molecule has 0 aromatic heterocycles. The Morgan fingerprint density at radius 1 is 0.328 bits per heavy atom. The van der Waals surface area contributed by atoms with E-state index in [2.05, 4.69) is 41.5 Å². The average Bonchev–Trinajstić information content (AvgIpc) is 3.24. The molecule has 6 nitrogen and oxygen atoms in total. The third kappa shape index (κ3) is 46.2. The lowest BCUT2D eigenvalue weighted by Gasteiger charge is -2.18. The van der Waals surface area contributed by atoms with Crippen molar-refractivity contribution in [2.75, 3.05) is 13.2 Å². The second-order valence-electron chi connectivity index (χ2n) is 19.8. The highest BCUT2D eigenvalue weighted by atomic mass is 16.6. The molecule has 0 fully saturated rings. The molecule has 0 rings (SSSR count). The highest BCUT2D eigenvalue weighted by Gasteiger charge is 2.19. The molecule has 362 valence electrons. The smallest absolute Gasteiger partial charge is 0.306 e. The monoisotopic (exact) mass is 863 g/mol. The molecule has 0 aliphatic carbocycles. The van der Waals surface area contributed by atoms with Gasteiger partial charge in [-0.1, -0.05) is 260 Å². The lowest BCUT2D eigenvalue weighted by atomic mass is 9.99. The van der Waals surface area contributed by atoms with Gasteiger partial charge in [0.1, 0.15) is 13.2 Å². The molecule has 0 saturated carbocycles. The first-order valence-corrected chi connectivity index (χ1v) is 27.2. The van der Waals surface area contributed by atoms with E-state index in [4.69, 9.17) is 14.2 Å². The number of hydrogen-bond acceptors (Lipinski definition) is 6. The first kappa shape index (κ1) is 59.4. The van der Waals surface area contributed by atoms with Crippen LogP contribution in [0.5, 0.6) is 0 Å². The zero-order chi connectivity index (χ0) is 44.9. The van der Waals surface area contributed by atoms with Gasteiger partial charge in [-0.25, -0.2) is 0 Å². The summed E-state index contributed by atoms with van der Waals surface area (Å²) in [7, 11) is 0. The fourth-order valence-corrected chi connectivity index (χ4v) is 8.23. The Morgan fingerprint density at radius 3 is 0.852 bits per heavy atom. The molecule has 0 heterocycles. The van der Waals surface area contributed by atoms with E-state index in [1.165, 1.54) is 180 Å². The first-order chi connectivity index (χ1) is 29.7. The topological polar surface area (TPSA) is 78.9 Å².